The second-order valence-electron chi connectivity index (χ2n) is 4.78. The maximum absolute atomic E-state index is 11.9. The van der Waals surface area contributed by atoms with E-state index in [1.807, 2.05) is 25.1 Å². The monoisotopic (exact) mass is 244 g/mol. The van der Waals surface area contributed by atoms with E-state index in [1.54, 1.807) is 10.7 Å². The molecule has 0 saturated carbocycles. The van der Waals surface area contributed by atoms with Gasteiger partial charge in [-0.25, -0.2) is 4.68 Å². The summed E-state index contributed by atoms with van der Waals surface area (Å²) >= 11 is 0. The SMILES string of the molecule is CCc1cc(=O)n(C(C)C(C)c2ccccc2)[nH]1. The lowest BCUT2D eigenvalue weighted by Crippen LogP contribution is -2.23. The van der Waals surface area contributed by atoms with Crippen molar-refractivity contribution < 1.29 is 0 Å². The molecule has 0 aliphatic heterocycles. The van der Waals surface area contributed by atoms with Crippen LogP contribution in [0.1, 0.15) is 44.0 Å². The van der Waals surface area contributed by atoms with Crippen LogP contribution in [0.4, 0.5) is 0 Å². The number of aryl methyl sites for hydroxylation is 1. The smallest absolute Gasteiger partial charge is 0.266 e. The first-order chi connectivity index (χ1) is 8.63. The number of aromatic nitrogens is 2. The molecule has 2 atom stereocenters. The van der Waals surface area contributed by atoms with Crippen molar-refractivity contribution in [1.82, 2.24) is 9.78 Å². The van der Waals surface area contributed by atoms with E-state index >= 15 is 0 Å². The Morgan fingerprint density at radius 3 is 2.44 bits per heavy atom. The van der Waals surface area contributed by atoms with Crippen LogP contribution >= 0.6 is 0 Å². The summed E-state index contributed by atoms with van der Waals surface area (Å²) in [6, 6.07) is 12.1. The molecule has 18 heavy (non-hydrogen) atoms. The predicted molar refractivity (Wildman–Crippen MR) is 74.0 cm³/mol. The highest BCUT2D eigenvalue weighted by Gasteiger charge is 2.18. The Morgan fingerprint density at radius 2 is 1.89 bits per heavy atom. The maximum atomic E-state index is 11.9. The lowest BCUT2D eigenvalue weighted by Gasteiger charge is -2.21. The van der Waals surface area contributed by atoms with Crippen molar-refractivity contribution in [3.05, 3.63) is 58.0 Å². The summed E-state index contributed by atoms with van der Waals surface area (Å²) in [4.78, 5) is 11.9. The van der Waals surface area contributed by atoms with E-state index in [0.29, 0.717) is 5.92 Å². The number of nitrogens with zero attached hydrogens (tertiary/aromatic N) is 1. The van der Waals surface area contributed by atoms with E-state index in [9.17, 15) is 4.79 Å². The second kappa shape index (κ2) is 5.25. The molecule has 2 aromatic rings. The van der Waals surface area contributed by atoms with E-state index in [4.69, 9.17) is 0 Å². The third-order valence-electron chi connectivity index (χ3n) is 3.64. The van der Waals surface area contributed by atoms with Gasteiger partial charge in [-0.05, 0) is 18.9 Å². The molecule has 0 aliphatic carbocycles. The molecule has 1 N–H and O–H groups in total. The van der Waals surface area contributed by atoms with Gasteiger partial charge in [0.15, 0.2) is 0 Å². The number of aromatic amines is 1. The van der Waals surface area contributed by atoms with Crippen molar-refractivity contribution in [2.75, 3.05) is 0 Å². The predicted octanol–water partition coefficient (Wildman–Crippen LogP) is 3.10. The van der Waals surface area contributed by atoms with Gasteiger partial charge in [0.25, 0.3) is 5.56 Å². The van der Waals surface area contributed by atoms with Crippen LogP contribution < -0.4 is 5.56 Å². The van der Waals surface area contributed by atoms with E-state index in [-0.39, 0.29) is 11.6 Å². The summed E-state index contributed by atoms with van der Waals surface area (Å²) in [7, 11) is 0. The van der Waals surface area contributed by atoms with E-state index < -0.39 is 0 Å². The highest BCUT2D eigenvalue weighted by atomic mass is 16.1. The van der Waals surface area contributed by atoms with Crippen LogP contribution in [0.3, 0.4) is 0 Å². The molecule has 2 unspecified atom stereocenters. The van der Waals surface area contributed by atoms with Gasteiger partial charge >= 0.3 is 0 Å². The summed E-state index contributed by atoms with van der Waals surface area (Å²) in [5, 5.41) is 3.19. The maximum Gasteiger partial charge on any atom is 0.266 e. The molecule has 96 valence electrons. The molecule has 0 saturated heterocycles. The molecule has 0 fully saturated rings. The summed E-state index contributed by atoms with van der Waals surface area (Å²) in [6.07, 6.45) is 0.856. The van der Waals surface area contributed by atoms with Gasteiger partial charge < -0.3 is 0 Å². The van der Waals surface area contributed by atoms with Gasteiger partial charge in [0.05, 0.1) is 6.04 Å². The first-order valence-electron chi connectivity index (χ1n) is 6.48. The largest absolute Gasteiger partial charge is 0.299 e. The average molecular weight is 244 g/mol. The number of hydrogen-bond donors (Lipinski definition) is 1. The standard InChI is InChI=1S/C15H20N2O/c1-4-14-10-15(18)17(16-14)12(3)11(2)13-8-6-5-7-9-13/h5-12,16H,4H2,1-3H3. The molecule has 1 aromatic carbocycles. The van der Waals surface area contributed by atoms with Crippen LogP contribution in [-0.2, 0) is 6.42 Å². The normalized spacial score (nSPS) is 14.4. The highest BCUT2D eigenvalue weighted by Crippen LogP contribution is 2.26. The van der Waals surface area contributed by atoms with Crippen molar-refractivity contribution in [2.45, 2.75) is 39.2 Å². The highest BCUT2D eigenvalue weighted by molar-refractivity contribution is 5.20. The minimum Gasteiger partial charge on any atom is -0.299 e. The fraction of sp³-hybridized carbons (Fsp3) is 0.400. The topological polar surface area (TPSA) is 37.8 Å². The van der Waals surface area contributed by atoms with Gasteiger partial charge in [-0.2, -0.15) is 0 Å². The molecular weight excluding hydrogens is 224 g/mol. The molecule has 0 bridgehead atoms. The molecule has 0 spiro atoms. The molecular formula is C15H20N2O. The molecule has 1 heterocycles. The Labute approximate surface area is 107 Å². The van der Waals surface area contributed by atoms with Gasteiger partial charge in [0.2, 0.25) is 0 Å². The fourth-order valence-corrected chi connectivity index (χ4v) is 2.20. The first kappa shape index (κ1) is 12.7. The van der Waals surface area contributed by atoms with Gasteiger partial charge in [-0.1, -0.05) is 44.2 Å². The summed E-state index contributed by atoms with van der Waals surface area (Å²) in [5.41, 5.74) is 2.30. The Bertz CT molecular complexity index is 553. The quantitative estimate of drug-likeness (QED) is 0.881. The van der Waals surface area contributed by atoms with Crippen molar-refractivity contribution >= 4 is 0 Å². The van der Waals surface area contributed by atoms with Crippen LogP contribution in [0.25, 0.3) is 0 Å². The molecule has 0 amide bonds. The number of H-pyrrole nitrogens is 1. The van der Waals surface area contributed by atoms with E-state index in [2.05, 4.69) is 31.1 Å². The summed E-state index contributed by atoms with van der Waals surface area (Å²) in [6.45, 7) is 6.27. The van der Waals surface area contributed by atoms with Crippen molar-refractivity contribution in [1.29, 1.82) is 0 Å². The zero-order valence-corrected chi connectivity index (χ0v) is 11.2. The Balaban J connectivity index is 2.28. The Kier molecular flexibility index (Phi) is 3.70. The van der Waals surface area contributed by atoms with Crippen molar-refractivity contribution in [2.24, 2.45) is 0 Å². The molecule has 2 rings (SSSR count). The lowest BCUT2D eigenvalue weighted by molar-refractivity contribution is 0.414. The van der Waals surface area contributed by atoms with Crippen LogP contribution in [0, 0.1) is 0 Å². The lowest BCUT2D eigenvalue weighted by atomic mass is 9.95. The summed E-state index contributed by atoms with van der Waals surface area (Å²) in [5.74, 6) is 0.298. The van der Waals surface area contributed by atoms with Crippen LogP contribution in [-0.4, -0.2) is 9.78 Å². The number of hydrogen-bond acceptors (Lipinski definition) is 1. The van der Waals surface area contributed by atoms with Crippen LogP contribution in [0.2, 0.25) is 0 Å². The van der Waals surface area contributed by atoms with Crippen LogP contribution in [0.5, 0.6) is 0 Å². The zero-order valence-electron chi connectivity index (χ0n) is 11.2. The first-order valence-corrected chi connectivity index (χ1v) is 6.48. The third kappa shape index (κ3) is 2.40. The molecule has 3 heteroatoms. The van der Waals surface area contributed by atoms with E-state index in [1.165, 1.54) is 5.56 Å². The molecule has 3 nitrogen and oxygen atoms in total. The Hall–Kier alpha value is -1.77. The van der Waals surface area contributed by atoms with Crippen LogP contribution in [0.15, 0.2) is 41.2 Å². The Morgan fingerprint density at radius 1 is 1.22 bits per heavy atom. The number of rotatable bonds is 4. The van der Waals surface area contributed by atoms with Gasteiger partial charge in [-0.15, -0.1) is 0 Å². The van der Waals surface area contributed by atoms with E-state index in [0.717, 1.165) is 12.1 Å². The second-order valence-corrected chi connectivity index (χ2v) is 4.78. The fourth-order valence-electron chi connectivity index (χ4n) is 2.20. The average Bonchev–Trinajstić information content (AvgIpc) is 2.79. The van der Waals surface area contributed by atoms with Gasteiger partial charge in [-0.3, -0.25) is 9.89 Å². The molecule has 0 aliphatic rings. The minimum absolute atomic E-state index is 0.0575. The van der Waals surface area contributed by atoms with Crippen molar-refractivity contribution in [3.63, 3.8) is 0 Å². The third-order valence-corrected chi connectivity index (χ3v) is 3.64. The van der Waals surface area contributed by atoms with Gasteiger partial charge in [0.1, 0.15) is 0 Å². The number of benzene rings is 1. The zero-order chi connectivity index (χ0) is 13.1. The molecule has 1 aromatic heterocycles. The van der Waals surface area contributed by atoms with Gasteiger partial charge in [0, 0.05) is 17.7 Å². The van der Waals surface area contributed by atoms with Crippen molar-refractivity contribution in [3.8, 4) is 0 Å². The minimum atomic E-state index is 0.0575. The number of nitrogens with one attached hydrogen (secondary N) is 1. The molecule has 0 radical (unpaired) electrons. The summed E-state index contributed by atoms with van der Waals surface area (Å²) < 4.78 is 1.73.